The minimum Gasteiger partial charge on any atom is -0.496 e. The summed E-state index contributed by atoms with van der Waals surface area (Å²) in [7, 11) is 1.70. The van der Waals surface area contributed by atoms with Crippen LogP contribution in [0.1, 0.15) is 133 Å². The molecule has 0 heterocycles. The van der Waals surface area contributed by atoms with Gasteiger partial charge in [-0.1, -0.05) is 115 Å². The van der Waals surface area contributed by atoms with Gasteiger partial charge in [-0.15, -0.1) is 0 Å². The predicted molar refractivity (Wildman–Crippen MR) is 141 cm³/mol. The van der Waals surface area contributed by atoms with Crippen LogP contribution in [0, 0.1) is 13.8 Å². The second-order valence-corrected chi connectivity index (χ2v) is 9.79. The molecule has 0 N–H and O–H groups in total. The topological polar surface area (TPSA) is 35.5 Å². The molecule has 0 atom stereocenters. The molecule has 0 aliphatic rings. The largest absolute Gasteiger partial charge is 0.496 e. The molecular weight excluding hydrogens is 408 g/mol. The number of esters is 1. The van der Waals surface area contributed by atoms with Gasteiger partial charge in [0.05, 0.1) is 13.7 Å². The maximum atomic E-state index is 12.0. The van der Waals surface area contributed by atoms with E-state index in [1.807, 2.05) is 13.8 Å². The molecule has 0 aliphatic heterocycles. The molecular formula is C30H52O3. The van der Waals surface area contributed by atoms with Gasteiger partial charge >= 0.3 is 5.97 Å². The maximum Gasteiger partial charge on any atom is 0.306 e. The lowest BCUT2D eigenvalue weighted by atomic mass is 10.0. The highest BCUT2D eigenvalue weighted by Gasteiger charge is 2.08. The number of aryl methyl sites for hydroxylation is 3. The molecule has 1 aromatic carbocycles. The number of methoxy groups -OCH3 is 1. The van der Waals surface area contributed by atoms with Crippen LogP contribution in [-0.4, -0.2) is 19.7 Å². The van der Waals surface area contributed by atoms with Crippen molar-refractivity contribution >= 4 is 5.97 Å². The highest BCUT2D eigenvalue weighted by Crippen LogP contribution is 2.25. The summed E-state index contributed by atoms with van der Waals surface area (Å²) in [5, 5.41) is 0. The van der Waals surface area contributed by atoms with Crippen LogP contribution < -0.4 is 4.74 Å². The van der Waals surface area contributed by atoms with Crippen LogP contribution in [0.3, 0.4) is 0 Å². The van der Waals surface area contributed by atoms with Gasteiger partial charge in [0.2, 0.25) is 0 Å². The first kappa shape index (κ1) is 29.5. The molecule has 3 heteroatoms. The minimum absolute atomic E-state index is 0.0814. The predicted octanol–water partition coefficient (Wildman–Crippen LogP) is 9.05. The smallest absolute Gasteiger partial charge is 0.306 e. The van der Waals surface area contributed by atoms with Gasteiger partial charge in [-0.25, -0.2) is 0 Å². The molecule has 0 radical (unpaired) electrons. The van der Waals surface area contributed by atoms with E-state index >= 15 is 0 Å². The highest BCUT2D eigenvalue weighted by molar-refractivity contribution is 5.69. The fourth-order valence-electron chi connectivity index (χ4n) is 4.66. The van der Waals surface area contributed by atoms with Crippen LogP contribution in [0.25, 0.3) is 0 Å². The Morgan fingerprint density at radius 3 is 1.55 bits per heavy atom. The Bertz CT molecular complexity index is 600. The lowest BCUT2D eigenvalue weighted by Crippen LogP contribution is -2.07. The molecule has 33 heavy (non-hydrogen) atoms. The van der Waals surface area contributed by atoms with Crippen molar-refractivity contribution in [1.82, 2.24) is 0 Å². The maximum absolute atomic E-state index is 12.0. The van der Waals surface area contributed by atoms with Gasteiger partial charge in [-0.3, -0.25) is 4.79 Å². The molecule has 0 saturated carbocycles. The Morgan fingerprint density at radius 1 is 0.697 bits per heavy atom. The van der Waals surface area contributed by atoms with Crippen LogP contribution in [0.4, 0.5) is 0 Å². The number of benzene rings is 1. The Balaban J connectivity index is 1.88. The van der Waals surface area contributed by atoms with Crippen molar-refractivity contribution in [3.05, 3.63) is 28.8 Å². The van der Waals surface area contributed by atoms with Gasteiger partial charge in [0, 0.05) is 6.42 Å². The average molecular weight is 461 g/mol. The number of unbranched alkanes of at least 4 members (excludes halogenated alkanes) is 15. The van der Waals surface area contributed by atoms with E-state index in [1.54, 1.807) is 7.11 Å². The number of rotatable bonds is 21. The number of hydrogen-bond donors (Lipinski definition) is 0. The molecule has 1 rings (SSSR count). The normalized spacial score (nSPS) is 11.0. The molecule has 0 saturated heterocycles. The van der Waals surface area contributed by atoms with Crippen molar-refractivity contribution in [2.24, 2.45) is 0 Å². The van der Waals surface area contributed by atoms with Crippen LogP contribution in [-0.2, 0) is 16.0 Å². The zero-order valence-corrected chi connectivity index (χ0v) is 22.3. The lowest BCUT2D eigenvalue weighted by molar-refractivity contribution is -0.143. The Morgan fingerprint density at radius 2 is 1.12 bits per heavy atom. The van der Waals surface area contributed by atoms with Crippen molar-refractivity contribution in [2.45, 2.75) is 136 Å². The molecule has 0 fully saturated rings. The summed E-state index contributed by atoms with van der Waals surface area (Å²) < 4.78 is 10.8. The second-order valence-electron chi connectivity index (χ2n) is 9.79. The Labute approximate surface area is 205 Å². The molecule has 0 amide bonds. The average Bonchev–Trinajstić information content (AvgIpc) is 2.79. The lowest BCUT2D eigenvalue weighted by Gasteiger charge is -2.11. The number of carbonyl (C=O) groups is 1. The van der Waals surface area contributed by atoms with E-state index in [2.05, 4.69) is 19.1 Å². The summed E-state index contributed by atoms with van der Waals surface area (Å²) in [5.74, 6) is 0.854. The van der Waals surface area contributed by atoms with Gasteiger partial charge < -0.3 is 9.47 Å². The third kappa shape index (κ3) is 15.1. The van der Waals surface area contributed by atoms with Crippen LogP contribution in [0.15, 0.2) is 12.1 Å². The van der Waals surface area contributed by atoms with Gasteiger partial charge in [-0.2, -0.15) is 0 Å². The van der Waals surface area contributed by atoms with Crippen LogP contribution in [0.5, 0.6) is 5.75 Å². The van der Waals surface area contributed by atoms with E-state index < -0.39 is 0 Å². The second kappa shape index (κ2) is 19.9. The van der Waals surface area contributed by atoms with Gasteiger partial charge in [0.15, 0.2) is 0 Å². The van der Waals surface area contributed by atoms with E-state index in [1.165, 1.54) is 102 Å². The summed E-state index contributed by atoms with van der Waals surface area (Å²) in [6.07, 6.45) is 22.9. The summed E-state index contributed by atoms with van der Waals surface area (Å²) in [6, 6.07) is 4.21. The molecule has 190 valence electrons. The molecule has 0 aliphatic carbocycles. The number of carbonyl (C=O) groups excluding carboxylic acids is 1. The first-order valence-electron chi connectivity index (χ1n) is 13.9. The van der Waals surface area contributed by atoms with Crippen LogP contribution in [0.2, 0.25) is 0 Å². The van der Waals surface area contributed by atoms with Gasteiger partial charge in [0.1, 0.15) is 5.75 Å². The zero-order valence-electron chi connectivity index (χ0n) is 22.3. The molecule has 3 nitrogen and oxygen atoms in total. The third-order valence-electron chi connectivity index (χ3n) is 6.60. The van der Waals surface area contributed by atoms with Crippen LogP contribution >= 0.6 is 0 Å². The SMILES string of the molecule is CCCCCCCCCCCCCCCCCCOC(=O)CCc1cc(C)c(OC)c(C)c1. The van der Waals surface area contributed by atoms with Crippen molar-refractivity contribution in [3.63, 3.8) is 0 Å². The van der Waals surface area contributed by atoms with E-state index in [0.717, 1.165) is 29.7 Å². The summed E-state index contributed by atoms with van der Waals surface area (Å²) in [5.41, 5.74) is 3.41. The number of ether oxygens (including phenoxy) is 2. The highest BCUT2D eigenvalue weighted by atomic mass is 16.5. The molecule has 0 aromatic heterocycles. The first-order valence-corrected chi connectivity index (χ1v) is 13.9. The first-order chi connectivity index (χ1) is 16.1. The molecule has 0 bridgehead atoms. The van der Waals surface area contributed by atoms with Gasteiger partial charge in [0.25, 0.3) is 0 Å². The van der Waals surface area contributed by atoms with E-state index in [9.17, 15) is 4.79 Å². The molecule has 0 unspecified atom stereocenters. The quantitative estimate of drug-likeness (QED) is 0.136. The standard InChI is InChI=1S/C30H52O3/c1-5-6-7-8-9-10-11-12-13-14-15-16-17-18-19-20-23-33-29(31)22-21-28-24-26(2)30(32-4)27(3)25-28/h24-25H,5-23H2,1-4H3. The zero-order chi connectivity index (χ0) is 24.2. The molecule has 1 aromatic rings. The Kier molecular flexibility index (Phi) is 17.8. The third-order valence-corrected chi connectivity index (χ3v) is 6.60. The van der Waals surface area contributed by atoms with Gasteiger partial charge in [-0.05, 0) is 43.4 Å². The summed E-state index contributed by atoms with van der Waals surface area (Å²) in [4.78, 5) is 12.0. The number of hydrogen-bond acceptors (Lipinski definition) is 3. The summed E-state index contributed by atoms with van der Waals surface area (Å²) in [6.45, 7) is 6.94. The Hall–Kier alpha value is -1.51. The van der Waals surface area contributed by atoms with E-state index in [0.29, 0.717) is 13.0 Å². The van der Waals surface area contributed by atoms with E-state index in [-0.39, 0.29) is 5.97 Å². The molecule has 0 spiro atoms. The fraction of sp³-hybridized carbons (Fsp3) is 0.767. The van der Waals surface area contributed by atoms with E-state index in [4.69, 9.17) is 9.47 Å². The van der Waals surface area contributed by atoms with Crippen molar-refractivity contribution in [2.75, 3.05) is 13.7 Å². The van der Waals surface area contributed by atoms with Crippen molar-refractivity contribution < 1.29 is 14.3 Å². The fourth-order valence-corrected chi connectivity index (χ4v) is 4.66. The summed E-state index contributed by atoms with van der Waals surface area (Å²) >= 11 is 0. The monoisotopic (exact) mass is 460 g/mol. The minimum atomic E-state index is -0.0814. The van der Waals surface area contributed by atoms with Crippen molar-refractivity contribution in [1.29, 1.82) is 0 Å². The van der Waals surface area contributed by atoms with Crippen molar-refractivity contribution in [3.8, 4) is 5.75 Å².